The minimum absolute atomic E-state index is 0.328. The van der Waals surface area contributed by atoms with E-state index in [0.29, 0.717) is 18.5 Å². The summed E-state index contributed by atoms with van der Waals surface area (Å²) in [5.74, 6) is -0.682. The Hall–Kier alpha value is -1.58. The Morgan fingerprint density at radius 2 is 2.13 bits per heavy atom. The van der Waals surface area contributed by atoms with E-state index in [-0.39, 0.29) is 11.8 Å². The van der Waals surface area contributed by atoms with Crippen LogP contribution in [0.2, 0.25) is 0 Å². The predicted octanol–water partition coefficient (Wildman–Crippen LogP) is 1.94. The maximum Gasteiger partial charge on any atom is 0.331 e. The molecule has 1 aromatic carbocycles. The summed E-state index contributed by atoms with van der Waals surface area (Å²) >= 11 is 0. The molecule has 15 heavy (non-hydrogen) atoms. The van der Waals surface area contributed by atoms with Gasteiger partial charge in [0.05, 0.1) is 12.8 Å². The number of rotatable bonds is 3. The standard InChI is InChI=1S/C11H12FNO2/c1-15-10(14)11(6-7-11)13-9-5-3-2-4-8(9)12/h2-5,13H,6-7H2,1H3. The highest BCUT2D eigenvalue weighted by molar-refractivity contribution is 5.87. The number of methoxy groups -OCH3 is 1. The van der Waals surface area contributed by atoms with Crippen LogP contribution in [0.15, 0.2) is 24.3 Å². The highest BCUT2D eigenvalue weighted by Crippen LogP contribution is 2.40. The lowest BCUT2D eigenvalue weighted by Crippen LogP contribution is -2.33. The summed E-state index contributed by atoms with van der Waals surface area (Å²) < 4.78 is 18.0. The van der Waals surface area contributed by atoms with Gasteiger partial charge in [-0.25, -0.2) is 9.18 Å². The fraction of sp³-hybridized carbons (Fsp3) is 0.364. The number of anilines is 1. The summed E-state index contributed by atoms with van der Waals surface area (Å²) in [6.07, 6.45) is 1.38. The Kier molecular flexibility index (Phi) is 2.34. The van der Waals surface area contributed by atoms with Crippen LogP contribution >= 0.6 is 0 Å². The van der Waals surface area contributed by atoms with Gasteiger partial charge in [-0.05, 0) is 25.0 Å². The van der Waals surface area contributed by atoms with Gasteiger partial charge in [-0.2, -0.15) is 0 Å². The van der Waals surface area contributed by atoms with E-state index in [2.05, 4.69) is 10.1 Å². The van der Waals surface area contributed by atoms with Crippen molar-refractivity contribution in [1.82, 2.24) is 0 Å². The van der Waals surface area contributed by atoms with E-state index in [1.807, 2.05) is 0 Å². The Morgan fingerprint density at radius 3 is 2.67 bits per heavy atom. The lowest BCUT2D eigenvalue weighted by molar-refractivity contribution is -0.142. The fourth-order valence-corrected chi connectivity index (χ4v) is 1.52. The van der Waals surface area contributed by atoms with Crippen LogP contribution < -0.4 is 5.32 Å². The van der Waals surface area contributed by atoms with E-state index in [1.54, 1.807) is 18.2 Å². The van der Waals surface area contributed by atoms with Gasteiger partial charge in [0.15, 0.2) is 0 Å². The second kappa shape index (κ2) is 3.53. The van der Waals surface area contributed by atoms with Crippen LogP contribution in [0.5, 0.6) is 0 Å². The molecule has 0 spiro atoms. The Balaban J connectivity index is 2.16. The molecule has 0 aromatic heterocycles. The number of benzene rings is 1. The average molecular weight is 209 g/mol. The zero-order chi connectivity index (χ0) is 10.9. The molecule has 2 rings (SSSR count). The molecule has 0 aliphatic heterocycles. The number of carbonyl (C=O) groups excluding carboxylic acids is 1. The molecule has 3 nitrogen and oxygen atoms in total. The quantitative estimate of drug-likeness (QED) is 0.773. The highest BCUT2D eigenvalue weighted by atomic mass is 19.1. The molecular formula is C11H12FNO2. The normalized spacial score (nSPS) is 16.9. The summed E-state index contributed by atoms with van der Waals surface area (Å²) in [7, 11) is 1.34. The highest BCUT2D eigenvalue weighted by Gasteiger charge is 2.51. The monoisotopic (exact) mass is 209 g/mol. The topological polar surface area (TPSA) is 38.3 Å². The minimum atomic E-state index is -0.697. The minimum Gasteiger partial charge on any atom is -0.467 e. The van der Waals surface area contributed by atoms with Crippen molar-refractivity contribution in [3.63, 3.8) is 0 Å². The van der Waals surface area contributed by atoms with Crippen molar-refractivity contribution in [2.24, 2.45) is 0 Å². The number of nitrogens with one attached hydrogen (secondary N) is 1. The molecule has 0 heterocycles. The number of halogens is 1. The Morgan fingerprint density at radius 1 is 1.47 bits per heavy atom. The average Bonchev–Trinajstić information content (AvgIpc) is 3.01. The van der Waals surface area contributed by atoms with Crippen LogP contribution in [-0.2, 0) is 9.53 Å². The molecule has 0 amide bonds. The third-order valence-corrected chi connectivity index (χ3v) is 2.57. The first-order valence-corrected chi connectivity index (χ1v) is 4.79. The first kappa shape index (κ1) is 9.96. The number of hydrogen-bond donors (Lipinski definition) is 1. The number of ether oxygens (including phenoxy) is 1. The molecule has 4 heteroatoms. The first-order valence-electron chi connectivity index (χ1n) is 4.79. The number of esters is 1. The first-order chi connectivity index (χ1) is 7.18. The summed E-state index contributed by atoms with van der Waals surface area (Å²) in [4.78, 5) is 11.4. The van der Waals surface area contributed by atoms with Crippen molar-refractivity contribution in [3.05, 3.63) is 30.1 Å². The molecule has 0 atom stereocenters. The van der Waals surface area contributed by atoms with Gasteiger partial charge in [0, 0.05) is 0 Å². The molecule has 0 radical (unpaired) electrons. The van der Waals surface area contributed by atoms with E-state index < -0.39 is 5.54 Å². The van der Waals surface area contributed by atoms with Crippen molar-refractivity contribution in [3.8, 4) is 0 Å². The van der Waals surface area contributed by atoms with E-state index in [9.17, 15) is 9.18 Å². The molecule has 0 saturated heterocycles. The number of para-hydroxylation sites is 1. The SMILES string of the molecule is COC(=O)C1(Nc2ccccc2F)CC1. The zero-order valence-electron chi connectivity index (χ0n) is 8.42. The van der Waals surface area contributed by atoms with Crippen LogP contribution in [0, 0.1) is 5.82 Å². The van der Waals surface area contributed by atoms with Gasteiger partial charge in [-0.15, -0.1) is 0 Å². The molecule has 80 valence electrons. The lowest BCUT2D eigenvalue weighted by Gasteiger charge is -2.16. The second-order valence-electron chi connectivity index (χ2n) is 3.68. The Bertz CT molecular complexity index is 388. The third-order valence-electron chi connectivity index (χ3n) is 2.57. The summed E-state index contributed by atoms with van der Waals surface area (Å²) in [6.45, 7) is 0. The number of carbonyl (C=O) groups is 1. The lowest BCUT2D eigenvalue weighted by atomic mass is 10.2. The van der Waals surface area contributed by atoms with Gasteiger partial charge < -0.3 is 10.1 Å². The molecule has 1 aliphatic carbocycles. The third kappa shape index (κ3) is 1.79. The van der Waals surface area contributed by atoms with Crippen LogP contribution in [-0.4, -0.2) is 18.6 Å². The van der Waals surface area contributed by atoms with Gasteiger partial charge in [0.2, 0.25) is 0 Å². The van der Waals surface area contributed by atoms with E-state index in [1.165, 1.54) is 13.2 Å². The van der Waals surface area contributed by atoms with Crippen LogP contribution in [0.1, 0.15) is 12.8 Å². The summed E-state index contributed by atoms with van der Waals surface area (Å²) in [6, 6.07) is 6.30. The summed E-state index contributed by atoms with van der Waals surface area (Å²) in [5.41, 5.74) is -0.350. The maximum atomic E-state index is 13.3. The van der Waals surface area contributed by atoms with E-state index in [4.69, 9.17) is 0 Å². The van der Waals surface area contributed by atoms with Crippen molar-refractivity contribution in [2.75, 3.05) is 12.4 Å². The molecular weight excluding hydrogens is 197 g/mol. The van der Waals surface area contributed by atoms with Gasteiger partial charge in [-0.1, -0.05) is 12.1 Å². The van der Waals surface area contributed by atoms with Gasteiger partial charge >= 0.3 is 5.97 Å². The van der Waals surface area contributed by atoms with E-state index >= 15 is 0 Å². The van der Waals surface area contributed by atoms with E-state index in [0.717, 1.165) is 0 Å². The van der Waals surface area contributed by atoms with Crippen molar-refractivity contribution in [2.45, 2.75) is 18.4 Å². The van der Waals surface area contributed by atoms with Crippen LogP contribution in [0.25, 0.3) is 0 Å². The maximum absolute atomic E-state index is 13.3. The van der Waals surface area contributed by atoms with Crippen LogP contribution in [0.4, 0.5) is 10.1 Å². The second-order valence-corrected chi connectivity index (χ2v) is 3.68. The van der Waals surface area contributed by atoms with Gasteiger partial charge in [0.25, 0.3) is 0 Å². The largest absolute Gasteiger partial charge is 0.467 e. The predicted molar refractivity (Wildman–Crippen MR) is 54.0 cm³/mol. The smallest absolute Gasteiger partial charge is 0.331 e. The molecule has 0 bridgehead atoms. The zero-order valence-corrected chi connectivity index (χ0v) is 8.42. The van der Waals surface area contributed by atoms with Crippen molar-refractivity contribution < 1.29 is 13.9 Å². The van der Waals surface area contributed by atoms with Crippen molar-refractivity contribution in [1.29, 1.82) is 0 Å². The molecule has 1 aromatic rings. The van der Waals surface area contributed by atoms with Gasteiger partial charge in [-0.3, -0.25) is 0 Å². The van der Waals surface area contributed by atoms with Gasteiger partial charge in [0.1, 0.15) is 11.4 Å². The van der Waals surface area contributed by atoms with Crippen molar-refractivity contribution >= 4 is 11.7 Å². The summed E-state index contributed by atoms with van der Waals surface area (Å²) in [5, 5.41) is 2.90. The molecule has 1 fully saturated rings. The molecule has 1 saturated carbocycles. The van der Waals surface area contributed by atoms with Crippen LogP contribution in [0.3, 0.4) is 0 Å². The Labute approximate surface area is 87.2 Å². The number of hydrogen-bond acceptors (Lipinski definition) is 3. The molecule has 0 unspecified atom stereocenters. The molecule has 1 aliphatic rings. The fourth-order valence-electron chi connectivity index (χ4n) is 1.52. The molecule has 1 N–H and O–H groups in total.